The lowest BCUT2D eigenvalue weighted by Crippen LogP contribution is -2.61. The van der Waals surface area contributed by atoms with Crippen molar-refractivity contribution in [2.24, 2.45) is 5.92 Å². The molecule has 3 unspecified atom stereocenters. The van der Waals surface area contributed by atoms with Crippen LogP contribution in [0, 0.1) is 17.2 Å². The maximum atomic E-state index is 11.4. The van der Waals surface area contributed by atoms with Crippen molar-refractivity contribution < 1.29 is 4.79 Å². The van der Waals surface area contributed by atoms with Crippen molar-refractivity contribution in [3.8, 4) is 6.07 Å². The molecule has 0 spiro atoms. The highest BCUT2D eigenvalue weighted by atomic mass is 16.1. The van der Waals surface area contributed by atoms with Crippen molar-refractivity contribution in [3.05, 3.63) is 0 Å². The minimum atomic E-state index is -0.163. The number of nitriles is 1. The minimum absolute atomic E-state index is 0.0382. The van der Waals surface area contributed by atoms with E-state index in [1.54, 1.807) is 0 Å². The smallest absolute Gasteiger partial charge is 0.234 e. The molecule has 4 nitrogen and oxygen atoms in total. The highest BCUT2D eigenvalue weighted by Gasteiger charge is 2.37. The summed E-state index contributed by atoms with van der Waals surface area (Å²) < 4.78 is 0. The second-order valence-corrected chi connectivity index (χ2v) is 5.39. The molecule has 90 valence electrons. The maximum Gasteiger partial charge on any atom is 0.234 e. The fourth-order valence-corrected chi connectivity index (χ4v) is 2.40. The molecule has 0 aliphatic carbocycles. The standard InChI is InChI=1S/C12H21N3O/c1-8-9(2)15-12(3,4)7-10(8)14-11(16)5-6-13/h8-10,15H,5,7H2,1-4H3,(H,14,16). The van der Waals surface area contributed by atoms with Gasteiger partial charge in [-0.3, -0.25) is 4.79 Å². The molecule has 1 heterocycles. The highest BCUT2D eigenvalue weighted by Crippen LogP contribution is 2.26. The van der Waals surface area contributed by atoms with E-state index < -0.39 is 0 Å². The molecule has 0 radical (unpaired) electrons. The van der Waals surface area contributed by atoms with Gasteiger partial charge in [0.25, 0.3) is 0 Å². The largest absolute Gasteiger partial charge is 0.352 e. The lowest BCUT2D eigenvalue weighted by Gasteiger charge is -2.45. The molecule has 1 aliphatic heterocycles. The van der Waals surface area contributed by atoms with Gasteiger partial charge in [-0.15, -0.1) is 0 Å². The number of nitrogens with zero attached hydrogens (tertiary/aromatic N) is 1. The third kappa shape index (κ3) is 3.21. The SMILES string of the molecule is CC1NC(C)(C)CC(NC(=O)CC#N)C1C. The zero-order valence-corrected chi connectivity index (χ0v) is 10.5. The predicted molar refractivity (Wildman–Crippen MR) is 62.6 cm³/mol. The van der Waals surface area contributed by atoms with Gasteiger partial charge in [0.2, 0.25) is 5.91 Å². The molecule has 16 heavy (non-hydrogen) atoms. The molecule has 1 saturated heterocycles. The Kier molecular flexibility index (Phi) is 3.93. The second-order valence-electron chi connectivity index (χ2n) is 5.39. The summed E-state index contributed by atoms with van der Waals surface area (Å²) in [5, 5.41) is 14.9. The summed E-state index contributed by atoms with van der Waals surface area (Å²) in [6, 6.07) is 2.41. The Hall–Kier alpha value is -1.08. The van der Waals surface area contributed by atoms with Gasteiger partial charge in [-0.2, -0.15) is 5.26 Å². The minimum Gasteiger partial charge on any atom is -0.352 e. The molecule has 1 fully saturated rings. The van der Waals surface area contributed by atoms with Gasteiger partial charge in [0.1, 0.15) is 6.42 Å². The van der Waals surface area contributed by atoms with Crippen LogP contribution >= 0.6 is 0 Å². The van der Waals surface area contributed by atoms with Gasteiger partial charge in [0, 0.05) is 17.6 Å². The second kappa shape index (κ2) is 4.84. The van der Waals surface area contributed by atoms with Gasteiger partial charge in [0.15, 0.2) is 0 Å². The zero-order valence-electron chi connectivity index (χ0n) is 10.5. The molecule has 0 aromatic heterocycles. The van der Waals surface area contributed by atoms with Gasteiger partial charge in [-0.1, -0.05) is 6.92 Å². The van der Waals surface area contributed by atoms with Crippen LogP contribution in [0.1, 0.15) is 40.5 Å². The summed E-state index contributed by atoms with van der Waals surface area (Å²) in [6.07, 6.45) is 0.848. The van der Waals surface area contributed by atoms with Crippen molar-refractivity contribution in [1.29, 1.82) is 5.26 Å². The zero-order chi connectivity index (χ0) is 12.3. The first-order valence-corrected chi connectivity index (χ1v) is 5.80. The number of piperidine rings is 1. The Morgan fingerprint density at radius 3 is 2.75 bits per heavy atom. The van der Waals surface area contributed by atoms with Gasteiger partial charge in [-0.25, -0.2) is 0 Å². The van der Waals surface area contributed by atoms with E-state index in [4.69, 9.17) is 5.26 Å². The van der Waals surface area contributed by atoms with E-state index in [1.807, 2.05) is 6.07 Å². The van der Waals surface area contributed by atoms with E-state index in [-0.39, 0.29) is 23.9 Å². The van der Waals surface area contributed by atoms with Crippen molar-refractivity contribution in [2.75, 3.05) is 0 Å². The summed E-state index contributed by atoms with van der Waals surface area (Å²) in [5.41, 5.74) is 0.0382. The fraction of sp³-hybridized carbons (Fsp3) is 0.833. The quantitative estimate of drug-likeness (QED) is 0.739. The lowest BCUT2D eigenvalue weighted by atomic mass is 9.79. The highest BCUT2D eigenvalue weighted by molar-refractivity contribution is 5.78. The number of nitrogens with one attached hydrogen (secondary N) is 2. The Labute approximate surface area is 97.4 Å². The number of hydrogen-bond donors (Lipinski definition) is 2. The van der Waals surface area contributed by atoms with Crippen LogP contribution in [0.4, 0.5) is 0 Å². The van der Waals surface area contributed by atoms with E-state index in [2.05, 4.69) is 38.3 Å². The first-order chi connectivity index (χ1) is 7.35. The van der Waals surface area contributed by atoms with Crippen molar-refractivity contribution in [3.63, 3.8) is 0 Å². The van der Waals surface area contributed by atoms with Gasteiger partial charge < -0.3 is 10.6 Å². The maximum absolute atomic E-state index is 11.4. The summed E-state index contributed by atoms with van der Waals surface area (Å²) in [5.74, 6) is 0.222. The molecular formula is C12H21N3O. The molecular weight excluding hydrogens is 202 g/mol. The Bertz CT molecular complexity index is 306. The number of amides is 1. The third-order valence-electron chi connectivity index (χ3n) is 3.36. The summed E-state index contributed by atoms with van der Waals surface area (Å²) in [6.45, 7) is 8.54. The summed E-state index contributed by atoms with van der Waals surface area (Å²) in [7, 11) is 0. The van der Waals surface area contributed by atoms with Crippen LogP contribution in [0.2, 0.25) is 0 Å². The van der Waals surface area contributed by atoms with Crippen molar-refractivity contribution in [1.82, 2.24) is 10.6 Å². The molecule has 0 aromatic rings. The number of carbonyl (C=O) groups excluding carboxylic acids is 1. The normalized spacial score (nSPS) is 32.8. The average molecular weight is 223 g/mol. The molecule has 4 heteroatoms. The number of carbonyl (C=O) groups is 1. The molecule has 0 bridgehead atoms. The average Bonchev–Trinajstić information content (AvgIpc) is 2.12. The lowest BCUT2D eigenvalue weighted by molar-refractivity contribution is -0.121. The van der Waals surface area contributed by atoms with Crippen molar-refractivity contribution in [2.45, 2.75) is 58.2 Å². The van der Waals surface area contributed by atoms with Crippen LogP contribution in [0.15, 0.2) is 0 Å². The van der Waals surface area contributed by atoms with Crippen molar-refractivity contribution >= 4 is 5.91 Å². The monoisotopic (exact) mass is 223 g/mol. The third-order valence-corrected chi connectivity index (χ3v) is 3.36. The van der Waals surface area contributed by atoms with E-state index in [0.717, 1.165) is 6.42 Å². The molecule has 1 aliphatic rings. The first-order valence-electron chi connectivity index (χ1n) is 5.80. The molecule has 1 amide bonds. The van der Waals surface area contributed by atoms with Gasteiger partial charge >= 0.3 is 0 Å². The Morgan fingerprint density at radius 2 is 2.19 bits per heavy atom. The first kappa shape index (κ1) is 13.0. The Morgan fingerprint density at radius 1 is 1.56 bits per heavy atom. The van der Waals surface area contributed by atoms with Crippen LogP contribution < -0.4 is 10.6 Å². The van der Waals surface area contributed by atoms with E-state index in [1.165, 1.54) is 0 Å². The molecule has 2 N–H and O–H groups in total. The molecule has 3 atom stereocenters. The summed E-state index contributed by atoms with van der Waals surface area (Å²) >= 11 is 0. The predicted octanol–water partition coefficient (Wildman–Crippen LogP) is 1.18. The van der Waals surface area contributed by atoms with Gasteiger partial charge in [0.05, 0.1) is 6.07 Å². The number of rotatable bonds is 2. The molecule has 0 aromatic carbocycles. The molecule has 1 rings (SSSR count). The van der Waals surface area contributed by atoms with Gasteiger partial charge in [-0.05, 0) is 33.1 Å². The van der Waals surface area contributed by atoms with Crippen LogP contribution in [0.25, 0.3) is 0 Å². The topological polar surface area (TPSA) is 64.9 Å². The van der Waals surface area contributed by atoms with Crippen LogP contribution in [0.3, 0.4) is 0 Å². The Balaban J connectivity index is 2.64. The van der Waals surface area contributed by atoms with E-state index in [9.17, 15) is 4.79 Å². The van der Waals surface area contributed by atoms with Crippen LogP contribution in [-0.4, -0.2) is 23.5 Å². The molecule has 0 saturated carbocycles. The fourth-order valence-electron chi connectivity index (χ4n) is 2.40. The van der Waals surface area contributed by atoms with Crippen LogP contribution in [0.5, 0.6) is 0 Å². The van der Waals surface area contributed by atoms with E-state index >= 15 is 0 Å². The number of hydrogen-bond acceptors (Lipinski definition) is 3. The summed E-state index contributed by atoms with van der Waals surface area (Å²) in [4.78, 5) is 11.4. The van der Waals surface area contributed by atoms with E-state index in [0.29, 0.717) is 12.0 Å². The van der Waals surface area contributed by atoms with Crippen LogP contribution in [-0.2, 0) is 4.79 Å².